The summed E-state index contributed by atoms with van der Waals surface area (Å²) in [5, 5.41) is 18.6. The first-order chi connectivity index (χ1) is 11.9. The van der Waals surface area contributed by atoms with E-state index in [1.54, 1.807) is 12.1 Å². The summed E-state index contributed by atoms with van der Waals surface area (Å²) >= 11 is 3.40. The number of aromatic carboxylic acids is 1. The molecule has 0 saturated carbocycles. The fourth-order valence-corrected chi connectivity index (χ4v) is 2.56. The van der Waals surface area contributed by atoms with Gasteiger partial charge in [0.1, 0.15) is 5.75 Å². The molecular weight excluding hydrogens is 394 g/mol. The number of carbonyl (C=O) groups is 2. The van der Waals surface area contributed by atoms with Crippen LogP contribution in [0.5, 0.6) is 11.6 Å². The number of rotatable bonds is 5. The highest BCUT2D eigenvalue weighted by atomic mass is 79.9. The molecule has 3 rings (SSSR count). The average molecular weight is 406 g/mol. The molecule has 128 valence electrons. The van der Waals surface area contributed by atoms with Crippen LogP contribution in [0.1, 0.15) is 17.4 Å². The lowest BCUT2D eigenvalue weighted by molar-refractivity contribution is -0.145. The monoisotopic (exact) mass is 405 g/mol. The van der Waals surface area contributed by atoms with Gasteiger partial charge in [0.25, 0.3) is 5.88 Å². The molecule has 0 aliphatic heterocycles. The highest BCUT2D eigenvalue weighted by molar-refractivity contribution is 9.10. The van der Waals surface area contributed by atoms with Crippen LogP contribution in [-0.4, -0.2) is 32.0 Å². The highest BCUT2D eigenvalue weighted by Gasteiger charge is 2.22. The van der Waals surface area contributed by atoms with E-state index in [1.807, 2.05) is 24.3 Å². The smallest absolute Gasteiger partial charge is 0.360 e. The number of aromatic nitrogens is 3. The predicted molar refractivity (Wildman–Crippen MR) is 90.5 cm³/mol. The van der Waals surface area contributed by atoms with Crippen LogP contribution < -0.4 is 4.74 Å². The number of benzene rings is 2. The normalized spacial score (nSPS) is 10.6. The van der Waals surface area contributed by atoms with Crippen molar-refractivity contribution in [3.05, 3.63) is 46.6 Å². The molecule has 0 amide bonds. The van der Waals surface area contributed by atoms with E-state index in [9.17, 15) is 14.7 Å². The second-order valence-electron chi connectivity index (χ2n) is 5.07. The van der Waals surface area contributed by atoms with Gasteiger partial charge in [-0.1, -0.05) is 38.4 Å². The summed E-state index contributed by atoms with van der Waals surface area (Å²) in [5.41, 5.74) is -0.308. The lowest BCUT2D eigenvalue weighted by Crippen LogP contribution is -2.14. The largest absolute Gasteiger partial charge is 0.476 e. The summed E-state index contributed by atoms with van der Waals surface area (Å²) < 4.78 is 12.2. The number of carbonyl (C=O) groups excluding carboxylic acids is 1. The maximum absolute atomic E-state index is 11.5. The Hall–Kier alpha value is -2.94. The maximum Gasteiger partial charge on any atom is 0.360 e. The van der Waals surface area contributed by atoms with E-state index in [2.05, 4.69) is 26.2 Å². The molecular formula is C16H12BrN3O5. The quantitative estimate of drug-likeness (QED) is 0.649. The van der Waals surface area contributed by atoms with Crippen molar-refractivity contribution in [1.82, 2.24) is 15.0 Å². The van der Waals surface area contributed by atoms with Gasteiger partial charge in [0.2, 0.25) is 5.69 Å². The topological polar surface area (TPSA) is 104 Å². The standard InChI is InChI=1S/C16H12BrN3O5/c1-9(21)24-8-20-14(16(22)23)15(18-19-20)25-13-5-3-10-6-12(17)4-2-11(10)7-13/h2-7H,8H2,1H3,(H,22,23). The zero-order valence-electron chi connectivity index (χ0n) is 13.0. The Bertz CT molecular complexity index is 970. The van der Waals surface area contributed by atoms with Crippen molar-refractivity contribution in [3.63, 3.8) is 0 Å². The fraction of sp³-hybridized carbons (Fsp3) is 0.125. The number of nitrogens with zero attached hydrogens (tertiary/aromatic N) is 3. The van der Waals surface area contributed by atoms with Gasteiger partial charge in [-0.3, -0.25) is 4.79 Å². The molecule has 0 fully saturated rings. The molecule has 8 nitrogen and oxygen atoms in total. The zero-order valence-corrected chi connectivity index (χ0v) is 14.6. The van der Waals surface area contributed by atoms with Crippen molar-refractivity contribution < 1.29 is 24.2 Å². The first-order valence-electron chi connectivity index (χ1n) is 7.11. The fourth-order valence-electron chi connectivity index (χ4n) is 2.18. The van der Waals surface area contributed by atoms with Gasteiger partial charge in [-0.05, 0) is 35.0 Å². The molecule has 0 bridgehead atoms. The van der Waals surface area contributed by atoms with Gasteiger partial charge in [0.05, 0.1) is 0 Å². The molecule has 0 aliphatic rings. The minimum Gasteiger partial charge on any atom is -0.476 e. The number of hydrogen-bond donors (Lipinski definition) is 1. The van der Waals surface area contributed by atoms with E-state index in [0.29, 0.717) is 5.75 Å². The molecule has 2 aromatic carbocycles. The van der Waals surface area contributed by atoms with Crippen molar-refractivity contribution in [2.75, 3.05) is 0 Å². The van der Waals surface area contributed by atoms with E-state index < -0.39 is 11.9 Å². The molecule has 0 spiro atoms. The Labute approximate surface area is 150 Å². The number of carboxylic acid groups (broad SMARTS) is 1. The second-order valence-corrected chi connectivity index (χ2v) is 5.98. The number of hydrogen-bond acceptors (Lipinski definition) is 6. The van der Waals surface area contributed by atoms with Gasteiger partial charge in [-0.15, -0.1) is 0 Å². The molecule has 1 heterocycles. The van der Waals surface area contributed by atoms with E-state index >= 15 is 0 Å². The Morgan fingerprint density at radius 2 is 1.92 bits per heavy atom. The lowest BCUT2D eigenvalue weighted by atomic mass is 10.1. The Morgan fingerprint density at radius 3 is 2.64 bits per heavy atom. The van der Waals surface area contributed by atoms with Gasteiger partial charge in [-0.25, -0.2) is 4.79 Å². The Morgan fingerprint density at radius 1 is 1.20 bits per heavy atom. The minimum absolute atomic E-state index is 0.184. The number of halogens is 1. The summed E-state index contributed by atoms with van der Waals surface area (Å²) in [7, 11) is 0. The third-order valence-electron chi connectivity index (χ3n) is 3.29. The number of fused-ring (bicyclic) bond motifs is 1. The third kappa shape index (κ3) is 3.77. The highest BCUT2D eigenvalue weighted by Crippen LogP contribution is 2.28. The first kappa shape index (κ1) is 16.9. The number of esters is 1. The van der Waals surface area contributed by atoms with Crippen molar-refractivity contribution in [2.45, 2.75) is 13.7 Å². The Kier molecular flexibility index (Phi) is 4.66. The zero-order chi connectivity index (χ0) is 18.0. The summed E-state index contributed by atoms with van der Waals surface area (Å²) in [5.74, 6) is -1.63. The average Bonchev–Trinajstić information content (AvgIpc) is 2.96. The van der Waals surface area contributed by atoms with Gasteiger partial charge in [0, 0.05) is 11.4 Å². The van der Waals surface area contributed by atoms with Gasteiger partial charge in [-0.2, -0.15) is 4.68 Å². The molecule has 3 aromatic rings. The van der Waals surface area contributed by atoms with Crippen LogP contribution in [0, 0.1) is 0 Å². The van der Waals surface area contributed by atoms with Gasteiger partial charge in [0.15, 0.2) is 6.73 Å². The molecule has 9 heteroatoms. The molecule has 1 N–H and O–H groups in total. The van der Waals surface area contributed by atoms with E-state index in [1.165, 1.54) is 6.92 Å². The van der Waals surface area contributed by atoms with Crippen LogP contribution in [0.2, 0.25) is 0 Å². The van der Waals surface area contributed by atoms with Crippen LogP contribution >= 0.6 is 15.9 Å². The lowest BCUT2D eigenvalue weighted by Gasteiger charge is -2.06. The predicted octanol–water partition coefficient (Wildman–Crippen LogP) is 3.20. The van der Waals surface area contributed by atoms with Crippen molar-refractivity contribution >= 4 is 38.6 Å². The molecule has 25 heavy (non-hydrogen) atoms. The molecule has 0 saturated heterocycles. The summed E-state index contributed by atoms with van der Waals surface area (Å²) in [6.45, 7) is 0.848. The van der Waals surface area contributed by atoms with Crippen LogP contribution in [0.3, 0.4) is 0 Å². The van der Waals surface area contributed by atoms with Crippen LogP contribution in [-0.2, 0) is 16.3 Å². The number of carboxylic acids is 1. The molecule has 1 aromatic heterocycles. The van der Waals surface area contributed by atoms with Crippen molar-refractivity contribution in [3.8, 4) is 11.6 Å². The van der Waals surface area contributed by atoms with Crippen molar-refractivity contribution in [2.24, 2.45) is 0 Å². The van der Waals surface area contributed by atoms with E-state index in [-0.39, 0.29) is 18.3 Å². The van der Waals surface area contributed by atoms with Crippen LogP contribution in [0.25, 0.3) is 10.8 Å². The summed E-state index contributed by atoms with van der Waals surface area (Å²) in [6.07, 6.45) is 0. The summed E-state index contributed by atoms with van der Waals surface area (Å²) in [6, 6.07) is 11.1. The van der Waals surface area contributed by atoms with E-state index in [0.717, 1.165) is 19.9 Å². The Balaban J connectivity index is 1.90. The molecule has 0 atom stereocenters. The van der Waals surface area contributed by atoms with Crippen LogP contribution in [0.4, 0.5) is 0 Å². The summed E-state index contributed by atoms with van der Waals surface area (Å²) in [4.78, 5) is 22.3. The maximum atomic E-state index is 11.5. The molecule has 0 unspecified atom stereocenters. The molecule has 0 aliphatic carbocycles. The first-order valence-corrected chi connectivity index (χ1v) is 7.90. The van der Waals surface area contributed by atoms with E-state index in [4.69, 9.17) is 9.47 Å². The van der Waals surface area contributed by atoms with Gasteiger partial charge >= 0.3 is 11.9 Å². The second kappa shape index (κ2) is 6.89. The third-order valence-corrected chi connectivity index (χ3v) is 3.78. The SMILES string of the molecule is CC(=O)OCn1nnc(Oc2ccc3cc(Br)ccc3c2)c1C(=O)O. The molecule has 0 radical (unpaired) electrons. The van der Waals surface area contributed by atoms with Gasteiger partial charge < -0.3 is 14.6 Å². The van der Waals surface area contributed by atoms with Crippen LogP contribution in [0.15, 0.2) is 40.9 Å². The minimum atomic E-state index is -1.29. The number of ether oxygens (including phenoxy) is 2. The van der Waals surface area contributed by atoms with Crippen molar-refractivity contribution in [1.29, 1.82) is 0 Å².